The topological polar surface area (TPSA) is 63.4 Å². The molecule has 4 nitrogen and oxygen atoms in total. The first-order chi connectivity index (χ1) is 9.48. The fraction of sp³-hybridized carbons (Fsp3) is 0.538. The van der Waals surface area contributed by atoms with Gasteiger partial charge in [0.25, 0.3) is 0 Å². The second kappa shape index (κ2) is 6.62. The van der Waals surface area contributed by atoms with Gasteiger partial charge in [-0.2, -0.15) is 4.31 Å². The van der Waals surface area contributed by atoms with E-state index in [1.807, 2.05) is 0 Å². The number of nitrogens with two attached hydrogens (primary N) is 1. The van der Waals surface area contributed by atoms with E-state index < -0.39 is 10.0 Å². The zero-order valence-corrected chi connectivity index (χ0v) is 13.4. The molecule has 0 spiro atoms. The zero-order valence-electron chi connectivity index (χ0n) is 11.1. The zero-order chi connectivity index (χ0) is 14.8. The van der Waals surface area contributed by atoms with Crippen molar-refractivity contribution in [1.29, 1.82) is 0 Å². The Balaban J connectivity index is 2.40. The highest BCUT2D eigenvalue weighted by Gasteiger charge is 2.34. The molecule has 1 fully saturated rings. The molecule has 0 aromatic heterocycles. The summed E-state index contributed by atoms with van der Waals surface area (Å²) in [5.74, 6) is 0. The molecule has 2 N–H and O–H groups in total. The number of piperidine rings is 1. The van der Waals surface area contributed by atoms with Gasteiger partial charge in [-0.3, -0.25) is 0 Å². The second-order valence-electron chi connectivity index (χ2n) is 4.89. The van der Waals surface area contributed by atoms with Crippen LogP contribution in [0.25, 0.3) is 0 Å². The Hall–Kier alpha value is -0.330. The van der Waals surface area contributed by atoms with Crippen LogP contribution in [0.5, 0.6) is 0 Å². The molecule has 20 heavy (non-hydrogen) atoms. The normalized spacial score (nSPS) is 21.1. The maximum Gasteiger partial charge on any atom is 0.244 e. The summed E-state index contributed by atoms with van der Waals surface area (Å²) >= 11 is 12.0. The maximum atomic E-state index is 12.8. The molecule has 1 heterocycles. The monoisotopic (exact) mass is 336 g/mol. The van der Waals surface area contributed by atoms with E-state index in [9.17, 15) is 8.42 Å². The first-order valence-corrected chi connectivity index (χ1v) is 8.84. The Labute approximate surface area is 129 Å². The summed E-state index contributed by atoms with van der Waals surface area (Å²) in [5.41, 5.74) is 5.59. The van der Waals surface area contributed by atoms with Crippen LogP contribution in [0.4, 0.5) is 0 Å². The van der Waals surface area contributed by atoms with Crippen molar-refractivity contribution in [2.75, 3.05) is 13.1 Å². The Morgan fingerprint density at radius 2 is 2.05 bits per heavy atom. The molecule has 1 aliphatic heterocycles. The predicted molar refractivity (Wildman–Crippen MR) is 81.7 cm³/mol. The third-order valence-corrected chi connectivity index (χ3v) is 6.50. The smallest absolute Gasteiger partial charge is 0.244 e. The van der Waals surface area contributed by atoms with Crippen molar-refractivity contribution >= 4 is 33.2 Å². The van der Waals surface area contributed by atoms with Crippen LogP contribution < -0.4 is 5.73 Å². The van der Waals surface area contributed by atoms with Gasteiger partial charge in [-0.05, 0) is 37.9 Å². The lowest BCUT2D eigenvalue weighted by molar-refractivity contribution is 0.243. The van der Waals surface area contributed by atoms with Crippen molar-refractivity contribution in [3.05, 3.63) is 28.2 Å². The van der Waals surface area contributed by atoms with Crippen molar-refractivity contribution in [3.8, 4) is 0 Å². The van der Waals surface area contributed by atoms with Crippen LogP contribution >= 0.6 is 23.2 Å². The quantitative estimate of drug-likeness (QED) is 0.919. The molecule has 1 atom stereocenters. The molecular weight excluding hydrogens is 319 g/mol. The number of nitrogens with zero attached hydrogens (tertiary/aromatic N) is 1. The lowest BCUT2D eigenvalue weighted by Gasteiger charge is -2.34. The van der Waals surface area contributed by atoms with E-state index in [0.29, 0.717) is 19.5 Å². The van der Waals surface area contributed by atoms with Crippen LogP contribution in [0.3, 0.4) is 0 Å². The molecule has 2 rings (SSSR count). The predicted octanol–water partition coefficient (Wildman–Crippen LogP) is 2.89. The van der Waals surface area contributed by atoms with Crippen molar-refractivity contribution in [1.82, 2.24) is 4.31 Å². The minimum atomic E-state index is -3.63. The largest absolute Gasteiger partial charge is 0.330 e. The van der Waals surface area contributed by atoms with Crippen molar-refractivity contribution in [2.24, 2.45) is 5.73 Å². The van der Waals surface area contributed by atoms with Crippen molar-refractivity contribution in [2.45, 2.75) is 36.6 Å². The Morgan fingerprint density at radius 3 is 2.75 bits per heavy atom. The van der Waals surface area contributed by atoms with Crippen molar-refractivity contribution < 1.29 is 8.42 Å². The number of hydrogen-bond acceptors (Lipinski definition) is 3. The number of sulfonamides is 1. The van der Waals surface area contributed by atoms with Crippen LogP contribution in [0.15, 0.2) is 23.1 Å². The van der Waals surface area contributed by atoms with Gasteiger partial charge in [-0.25, -0.2) is 8.42 Å². The van der Waals surface area contributed by atoms with E-state index in [0.717, 1.165) is 19.3 Å². The van der Waals surface area contributed by atoms with Gasteiger partial charge in [-0.15, -0.1) is 0 Å². The Kier molecular flexibility index (Phi) is 5.31. The summed E-state index contributed by atoms with van der Waals surface area (Å²) in [7, 11) is -3.63. The van der Waals surface area contributed by atoms with E-state index in [-0.39, 0.29) is 21.0 Å². The number of halogens is 2. The highest BCUT2D eigenvalue weighted by Crippen LogP contribution is 2.33. The van der Waals surface area contributed by atoms with Crippen LogP contribution in [-0.4, -0.2) is 31.9 Å². The molecule has 0 saturated carbocycles. The van der Waals surface area contributed by atoms with E-state index in [4.69, 9.17) is 28.9 Å². The number of hydrogen-bond donors (Lipinski definition) is 1. The first kappa shape index (κ1) is 16.0. The maximum absolute atomic E-state index is 12.8. The number of rotatable bonds is 4. The highest BCUT2D eigenvalue weighted by molar-refractivity contribution is 7.89. The average molecular weight is 337 g/mol. The van der Waals surface area contributed by atoms with E-state index in [1.165, 1.54) is 10.4 Å². The second-order valence-corrected chi connectivity index (χ2v) is 7.54. The van der Waals surface area contributed by atoms with E-state index in [2.05, 4.69) is 0 Å². The van der Waals surface area contributed by atoms with E-state index >= 15 is 0 Å². The molecular formula is C13H18Cl2N2O2S. The van der Waals surface area contributed by atoms with Gasteiger partial charge >= 0.3 is 0 Å². The van der Waals surface area contributed by atoms with Gasteiger partial charge in [-0.1, -0.05) is 35.7 Å². The summed E-state index contributed by atoms with van der Waals surface area (Å²) in [6.07, 6.45) is 3.39. The van der Waals surface area contributed by atoms with Gasteiger partial charge in [0.2, 0.25) is 10.0 Å². The van der Waals surface area contributed by atoms with Gasteiger partial charge in [0, 0.05) is 12.6 Å². The minimum Gasteiger partial charge on any atom is -0.330 e. The lowest BCUT2D eigenvalue weighted by Crippen LogP contribution is -2.44. The third-order valence-electron chi connectivity index (χ3n) is 3.58. The molecule has 0 aliphatic carbocycles. The molecule has 0 amide bonds. The summed E-state index contributed by atoms with van der Waals surface area (Å²) in [6, 6.07) is 4.63. The SMILES string of the molecule is NCCC1CCCCN1S(=O)(=O)c1cccc(Cl)c1Cl. The molecule has 0 radical (unpaired) electrons. The summed E-state index contributed by atoms with van der Waals surface area (Å²) in [4.78, 5) is 0.0792. The summed E-state index contributed by atoms with van der Waals surface area (Å²) in [5, 5.41) is 0.339. The van der Waals surface area contributed by atoms with Gasteiger partial charge in [0.05, 0.1) is 10.0 Å². The van der Waals surface area contributed by atoms with Gasteiger partial charge < -0.3 is 5.73 Å². The standard InChI is InChI=1S/C13H18Cl2N2O2S/c14-11-5-3-6-12(13(11)15)20(18,19)17-9-2-1-4-10(17)7-8-16/h3,5-6,10H,1-2,4,7-9,16H2. The first-order valence-electron chi connectivity index (χ1n) is 6.64. The average Bonchev–Trinajstić information content (AvgIpc) is 2.42. The molecule has 1 aromatic rings. The highest BCUT2D eigenvalue weighted by atomic mass is 35.5. The molecule has 112 valence electrons. The van der Waals surface area contributed by atoms with Crippen molar-refractivity contribution in [3.63, 3.8) is 0 Å². The Morgan fingerprint density at radius 1 is 1.30 bits per heavy atom. The fourth-order valence-electron chi connectivity index (χ4n) is 2.58. The molecule has 7 heteroatoms. The molecule has 1 aliphatic rings. The fourth-order valence-corrected chi connectivity index (χ4v) is 5.04. The minimum absolute atomic E-state index is 0.0474. The summed E-state index contributed by atoms with van der Waals surface area (Å²) in [6.45, 7) is 0.982. The van der Waals surface area contributed by atoms with Crippen LogP contribution in [0, 0.1) is 0 Å². The molecule has 1 aromatic carbocycles. The van der Waals surface area contributed by atoms with Crippen LogP contribution in [0.1, 0.15) is 25.7 Å². The van der Waals surface area contributed by atoms with Gasteiger partial charge in [0.15, 0.2) is 0 Å². The molecule has 0 bridgehead atoms. The molecule has 1 unspecified atom stereocenters. The van der Waals surface area contributed by atoms with E-state index in [1.54, 1.807) is 12.1 Å². The number of benzene rings is 1. The Bertz CT molecular complexity index is 576. The summed E-state index contributed by atoms with van der Waals surface area (Å²) < 4.78 is 27.1. The third kappa shape index (κ3) is 3.12. The lowest BCUT2D eigenvalue weighted by atomic mass is 10.0. The van der Waals surface area contributed by atoms with Crippen LogP contribution in [-0.2, 0) is 10.0 Å². The van der Waals surface area contributed by atoms with Crippen LogP contribution in [0.2, 0.25) is 10.0 Å². The molecule has 1 saturated heterocycles. The van der Waals surface area contributed by atoms with Gasteiger partial charge in [0.1, 0.15) is 4.90 Å².